The molecule has 7 nitrogen and oxygen atoms in total. The van der Waals surface area contributed by atoms with E-state index in [0.29, 0.717) is 25.6 Å². The summed E-state index contributed by atoms with van der Waals surface area (Å²) in [5.74, 6) is 2.70. The molecule has 4 atom stereocenters. The molecule has 6 rings (SSSR count). The Balaban J connectivity index is 1.61. The van der Waals surface area contributed by atoms with Crippen molar-refractivity contribution in [3.8, 4) is 23.0 Å². The van der Waals surface area contributed by atoms with Crippen molar-refractivity contribution >= 4 is 10.8 Å². The number of hydrogen-bond acceptors (Lipinski definition) is 7. The second-order valence-electron chi connectivity index (χ2n) is 18.6. The van der Waals surface area contributed by atoms with Gasteiger partial charge in [-0.15, -0.1) is 0 Å². The van der Waals surface area contributed by atoms with Crippen molar-refractivity contribution in [3.05, 3.63) is 161 Å². The average molecular weight is 909 g/mol. The van der Waals surface area contributed by atoms with Gasteiger partial charge in [-0.1, -0.05) is 60.7 Å². The van der Waals surface area contributed by atoms with Crippen LogP contribution in [-0.4, -0.2) is 43.8 Å². The number of phenolic OH excluding ortho intramolecular Hbond substituents is 1. The second-order valence-corrected chi connectivity index (χ2v) is 18.6. The molecule has 0 aliphatic rings. The predicted octanol–water partition coefficient (Wildman–Crippen LogP) is 14.9. The van der Waals surface area contributed by atoms with Gasteiger partial charge in [-0.25, -0.2) is 0 Å². The summed E-state index contributed by atoms with van der Waals surface area (Å²) in [7, 11) is 0. The fourth-order valence-electron chi connectivity index (χ4n) is 10.1. The number of aryl methyl sites for hydroxylation is 4. The van der Waals surface area contributed by atoms with Gasteiger partial charge in [0.1, 0.15) is 23.0 Å². The Bertz CT molecular complexity index is 2690. The maximum atomic E-state index is 11.2. The van der Waals surface area contributed by atoms with Crippen LogP contribution in [0.2, 0.25) is 0 Å². The first-order chi connectivity index (χ1) is 31.7. The van der Waals surface area contributed by atoms with Crippen molar-refractivity contribution < 1.29 is 33.5 Å². The first-order valence-electron chi connectivity index (χ1n) is 24.2. The molecular formula is C60H76O7. The van der Waals surface area contributed by atoms with Crippen molar-refractivity contribution in [1.82, 2.24) is 0 Å². The SMILES string of the molecule is CCOC(C)Oc1c(C)cc(C(c2ccc3ccc(C(c4cc(C)c(OC(C)OCC)c(C)c4C)c4cc(C)c(OC(C)OCC)c(C)c4C)cc3c2)c2cc(C)c(O)c(C)c2C)c(C)c1C. The zero-order valence-corrected chi connectivity index (χ0v) is 43.7. The molecule has 0 aliphatic carbocycles. The van der Waals surface area contributed by atoms with E-state index in [0.717, 1.165) is 78.1 Å². The lowest BCUT2D eigenvalue weighted by Crippen LogP contribution is -2.19. The maximum Gasteiger partial charge on any atom is 0.196 e. The zero-order chi connectivity index (χ0) is 49.2. The van der Waals surface area contributed by atoms with Gasteiger partial charge in [-0.2, -0.15) is 0 Å². The highest BCUT2D eigenvalue weighted by Gasteiger charge is 2.29. The van der Waals surface area contributed by atoms with E-state index in [1.807, 2.05) is 55.4 Å². The van der Waals surface area contributed by atoms with Gasteiger partial charge in [0.15, 0.2) is 18.9 Å². The van der Waals surface area contributed by atoms with E-state index in [1.165, 1.54) is 50.1 Å². The lowest BCUT2D eigenvalue weighted by molar-refractivity contribution is -0.0623. The molecule has 0 aromatic heterocycles. The van der Waals surface area contributed by atoms with Gasteiger partial charge in [-0.3, -0.25) is 0 Å². The Hall–Kier alpha value is -5.34. The first kappa shape index (κ1) is 51.1. The Morgan fingerprint density at radius 3 is 0.985 bits per heavy atom. The molecule has 6 aromatic rings. The van der Waals surface area contributed by atoms with Gasteiger partial charge in [0.2, 0.25) is 0 Å². The molecule has 1 N–H and O–H groups in total. The monoisotopic (exact) mass is 909 g/mol. The van der Waals surface area contributed by atoms with E-state index in [2.05, 4.69) is 130 Å². The molecule has 6 aromatic carbocycles. The molecule has 358 valence electrons. The van der Waals surface area contributed by atoms with Gasteiger partial charge in [0.25, 0.3) is 0 Å². The summed E-state index contributed by atoms with van der Waals surface area (Å²) < 4.78 is 36.8. The van der Waals surface area contributed by atoms with Gasteiger partial charge >= 0.3 is 0 Å². The molecule has 0 amide bonds. The van der Waals surface area contributed by atoms with Crippen LogP contribution in [0.15, 0.2) is 60.7 Å². The molecule has 7 heteroatoms. The Kier molecular flexibility index (Phi) is 16.2. The van der Waals surface area contributed by atoms with Crippen LogP contribution in [0, 0.1) is 83.1 Å². The van der Waals surface area contributed by atoms with E-state index < -0.39 is 0 Å². The molecule has 0 heterocycles. The van der Waals surface area contributed by atoms with Crippen molar-refractivity contribution in [2.24, 2.45) is 0 Å². The molecule has 0 radical (unpaired) electrons. The number of phenols is 1. The third-order valence-electron chi connectivity index (χ3n) is 14.1. The lowest BCUT2D eigenvalue weighted by Gasteiger charge is -2.29. The highest BCUT2D eigenvalue weighted by atomic mass is 16.7. The third-order valence-corrected chi connectivity index (χ3v) is 14.1. The zero-order valence-electron chi connectivity index (χ0n) is 43.7. The van der Waals surface area contributed by atoms with Crippen LogP contribution in [0.5, 0.6) is 23.0 Å². The fourth-order valence-corrected chi connectivity index (χ4v) is 10.1. The summed E-state index contributed by atoms with van der Waals surface area (Å²) in [5.41, 5.74) is 20.1. The fraction of sp³-hybridized carbons (Fsp3) is 0.433. The molecule has 0 bridgehead atoms. The van der Waals surface area contributed by atoms with Crippen LogP contribution >= 0.6 is 0 Å². The molecule has 0 fully saturated rings. The maximum absolute atomic E-state index is 11.2. The highest BCUT2D eigenvalue weighted by Crippen LogP contribution is 2.46. The number of hydrogen-bond donors (Lipinski definition) is 1. The van der Waals surface area contributed by atoms with Crippen molar-refractivity contribution in [3.63, 3.8) is 0 Å². The summed E-state index contributed by atoms with van der Waals surface area (Å²) in [6.45, 7) is 39.2. The summed E-state index contributed by atoms with van der Waals surface area (Å²) in [6.07, 6.45) is -1.11. The van der Waals surface area contributed by atoms with Gasteiger partial charge < -0.3 is 33.5 Å². The minimum absolute atomic E-state index is 0.112. The number of fused-ring (bicyclic) bond motifs is 1. The van der Waals surface area contributed by atoms with Crippen molar-refractivity contribution in [2.45, 2.75) is 155 Å². The van der Waals surface area contributed by atoms with Crippen LogP contribution in [0.4, 0.5) is 0 Å². The average Bonchev–Trinajstić information content (AvgIpc) is 3.28. The van der Waals surface area contributed by atoms with E-state index in [9.17, 15) is 5.11 Å². The van der Waals surface area contributed by atoms with Crippen LogP contribution < -0.4 is 14.2 Å². The third kappa shape index (κ3) is 10.4. The lowest BCUT2D eigenvalue weighted by atomic mass is 9.76. The number of ether oxygens (including phenoxy) is 6. The summed E-state index contributed by atoms with van der Waals surface area (Å²) in [6, 6.07) is 23.0. The predicted molar refractivity (Wildman–Crippen MR) is 275 cm³/mol. The molecular weight excluding hydrogens is 833 g/mol. The Morgan fingerprint density at radius 2 is 0.672 bits per heavy atom. The summed E-state index contributed by atoms with van der Waals surface area (Å²) >= 11 is 0. The molecule has 67 heavy (non-hydrogen) atoms. The summed E-state index contributed by atoms with van der Waals surface area (Å²) in [5, 5.41) is 13.5. The smallest absolute Gasteiger partial charge is 0.196 e. The number of aromatic hydroxyl groups is 1. The second kappa shape index (κ2) is 21.3. The first-order valence-corrected chi connectivity index (χ1v) is 24.2. The van der Waals surface area contributed by atoms with Gasteiger partial charge in [-0.05, 0) is 236 Å². The number of benzene rings is 6. The topological polar surface area (TPSA) is 75.6 Å². The minimum atomic E-state index is -0.370. The standard InChI is InChI=1S/C60H76O7/c1-19-62-44(16)65-58-33(5)27-52(37(9)41(58)13)55(51-26-32(4)57(61)40(12)36(51)8)48-24-22-47-23-25-49(31-50(47)30-48)56(53-28-34(6)59(42(14)38(53)10)66-45(17)63-20-2)54-29-35(7)60(43(15)39(54)11)67-46(18)64-21-3/h22-31,44-46,55-56,61H,19-21H2,1-18H3. The summed E-state index contributed by atoms with van der Waals surface area (Å²) in [4.78, 5) is 0. The molecule has 4 unspecified atom stereocenters. The quantitative estimate of drug-likeness (QED) is 0.0680. The van der Waals surface area contributed by atoms with Gasteiger partial charge in [0.05, 0.1) is 0 Å². The van der Waals surface area contributed by atoms with Crippen LogP contribution in [0.1, 0.15) is 154 Å². The normalized spacial score (nSPS) is 13.9. The molecule has 0 spiro atoms. The minimum Gasteiger partial charge on any atom is -0.507 e. The van der Waals surface area contributed by atoms with Gasteiger partial charge in [0, 0.05) is 31.7 Å². The van der Waals surface area contributed by atoms with Crippen molar-refractivity contribution in [2.75, 3.05) is 19.8 Å². The Morgan fingerprint density at radius 1 is 0.373 bits per heavy atom. The van der Waals surface area contributed by atoms with E-state index in [1.54, 1.807) is 0 Å². The molecule has 0 saturated carbocycles. The molecule has 0 aliphatic heterocycles. The largest absolute Gasteiger partial charge is 0.507 e. The van der Waals surface area contributed by atoms with E-state index in [-0.39, 0.29) is 30.7 Å². The Labute approximate surface area is 401 Å². The highest BCUT2D eigenvalue weighted by molar-refractivity contribution is 5.85. The van der Waals surface area contributed by atoms with E-state index in [4.69, 9.17) is 28.4 Å². The van der Waals surface area contributed by atoms with Crippen LogP contribution in [0.25, 0.3) is 10.8 Å². The van der Waals surface area contributed by atoms with Crippen LogP contribution in [0.3, 0.4) is 0 Å². The molecule has 0 saturated heterocycles. The van der Waals surface area contributed by atoms with Crippen molar-refractivity contribution in [1.29, 1.82) is 0 Å². The number of rotatable bonds is 18. The van der Waals surface area contributed by atoms with Crippen LogP contribution in [-0.2, 0) is 14.2 Å². The van der Waals surface area contributed by atoms with E-state index >= 15 is 0 Å².